The van der Waals surface area contributed by atoms with Crippen molar-refractivity contribution in [3.05, 3.63) is 34.8 Å². The second-order valence-corrected chi connectivity index (χ2v) is 5.80. The highest BCUT2D eigenvalue weighted by molar-refractivity contribution is 7.15. The zero-order valence-electron chi connectivity index (χ0n) is 13.7. The number of nitrogens with zero attached hydrogens (tertiary/aromatic N) is 2. The molecule has 0 aliphatic carbocycles. The third-order valence-electron chi connectivity index (χ3n) is 2.91. The fraction of sp³-hybridized carbons (Fsp3) is 0.250. The lowest BCUT2D eigenvalue weighted by molar-refractivity contribution is -0.136. The molecule has 9 heteroatoms. The fourth-order valence-electron chi connectivity index (χ4n) is 1.89. The smallest absolute Gasteiger partial charge is 0.310 e. The van der Waals surface area contributed by atoms with Gasteiger partial charge in [0.1, 0.15) is 5.01 Å². The number of rotatable bonds is 8. The zero-order chi connectivity index (χ0) is 18.2. The first-order valence-electron chi connectivity index (χ1n) is 7.36. The van der Waals surface area contributed by atoms with Crippen LogP contribution in [0.25, 0.3) is 6.08 Å². The van der Waals surface area contributed by atoms with E-state index in [-0.39, 0.29) is 11.6 Å². The molecular formula is C16H17N3O5S. The summed E-state index contributed by atoms with van der Waals surface area (Å²) in [7, 11) is 1.54. The molecule has 0 bridgehead atoms. The van der Waals surface area contributed by atoms with Crippen LogP contribution in [-0.2, 0) is 16.0 Å². The van der Waals surface area contributed by atoms with E-state index in [1.807, 2.05) is 6.92 Å². The van der Waals surface area contributed by atoms with Crippen molar-refractivity contribution in [3.63, 3.8) is 0 Å². The van der Waals surface area contributed by atoms with Gasteiger partial charge in [0.2, 0.25) is 11.0 Å². The number of carbonyl (C=O) groups excluding carboxylic acids is 1. The predicted octanol–water partition coefficient (Wildman–Crippen LogP) is 2.22. The van der Waals surface area contributed by atoms with Gasteiger partial charge in [-0.1, -0.05) is 17.4 Å². The number of ether oxygens (including phenoxy) is 2. The van der Waals surface area contributed by atoms with Crippen LogP contribution >= 0.6 is 11.3 Å². The largest absolute Gasteiger partial charge is 0.493 e. The van der Waals surface area contributed by atoms with E-state index in [9.17, 15) is 9.59 Å². The van der Waals surface area contributed by atoms with Crippen LogP contribution in [0.15, 0.2) is 24.3 Å². The van der Waals surface area contributed by atoms with Crippen LogP contribution in [0.5, 0.6) is 11.5 Å². The van der Waals surface area contributed by atoms with Gasteiger partial charge in [0.15, 0.2) is 11.5 Å². The number of hydrogen-bond acceptors (Lipinski definition) is 7. The van der Waals surface area contributed by atoms with Crippen LogP contribution in [0.1, 0.15) is 17.5 Å². The van der Waals surface area contributed by atoms with Crippen molar-refractivity contribution in [2.24, 2.45) is 0 Å². The number of benzene rings is 1. The summed E-state index contributed by atoms with van der Waals surface area (Å²) >= 11 is 1.02. The maximum atomic E-state index is 11.9. The zero-order valence-corrected chi connectivity index (χ0v) is 14.5. The molecule has 132 valence electrons. The summed E-state index contributed by atoms with van der Waals surface area (Å²) in [6, 6.07) is 5.32. The van der Waals surface area contributed by atoms with Gasteiger partial charge in [-0.15, -0.1) is 10.2 Å². The number of amides is 1. The van der Waals surface area contributed by atoms with E-state index in [1.165, 1.54) is 6.08 Å². The number of methoxy groups -OCH3 is 1. The van der Waals surface area contributed by atoms with E-state index >= 15 is 0 Å². The molecule has 0 saturated carbocycles. The van der Waals surface area contributed by atoms with Crippen molar-refractivity contribution in [2.45, 2.75) is 13.3 Å². The molecule has 0 aliphatic rings. The second kappa shape index (κ2) is 8.78. The Morgan fingerprint density at radius 1 is 1.32 bits per heavy atom. The number of aromatic nitrogens is 2. The third kappa shape index (κ3) is 5.57. The first kappa shape index (κ1) is 18.4. The molecule has 0 unspecified atom stereocenters. The number of hydrogen-bond donors (Lipinski definition) is 2. The minimum atomic E-state index is -1.00. The van der Waals surface area contributed by atoms with E-state index in [0.29, 0.717) is 23.1 Å². The molecule has 0 fully saturated rings. The molecule has 0 spiro atoms. The molecule has 2 aromatic rings. The van der Waals surface area contributed by atoms with E-state index in [1.54, 1.807) is 31.4 Å². The fourth-order valence-corrected chi connectivity index (χ4v) is 2.62. The Hall–Kier alpha value is -2.94. The molecule has 1 amide bonds. The Morgan fingerprint density at radius 2 is 2.12 bits per heavy atom. The van der Waals surface area contributed by atoms with Crippen LogP contribution < -0.4 is 14.8 Å². The molecular weight excluding hydrogens is 346 g/mol. The monoisotopic (exact) mass is 363 g/mol. The van der Waals surface area contributed by atoms with Crippen LogP contribution in [-0.4, -0.2) is 40.9 Å². The molecule has 1 heterocycles. The SMILES string of the molecule is CCOc1ccc(/C=C/C(=O)Nc2nnc(CC(=O)O)s2)cc1OC. The highest BCUT2D eigenvalue weighted by Gasteiger charge is 2.09. The highest BCUT2D eigenvalue weighted by atomic mass is 32.1. The summed E-state index contributed by atoms with van der Waals surface area (Å²) < 4.78 is 10.7. The highest BCUT2D eigenvalue weighted by Crippen LogP contribution is 2.28. The van der Waals surface area contributed by atoms with Crippen molar-refractivity contribution in [3.8, 4) is 11.5 Å². The van der Waals surface area contributed by atoms with Crippen LogP contribution in [0, 0.1) is 0 Å². The lowest BCUT2D eigenvalue weighted by atomic mass is 10.2. The van der Waals surface area contributed by atoms with Gasteiger partial charge >= 0.3 is 5.97 Å². The molecule has 2 rings (SSSR count). The number of carboxylic acids is 1. The Morgan fingerprint density at radius 3 is 2.80 bits per heavy atom. The predicted molar refractivity (Wildman–Crippen MR) is 93.1 cm³/mol. The second-order valence-electron chi connectivity index (χ2n) is 4.74. The van der Waals surface area contributed by atoms with Crippen molar-refractivity contribution in [1.82, 2.24) is 10.2 Å². The molecule has 0 aliphatic heterocycles. The van der Waals surface area contributed by atoms with Gasteiger partial charge in [-0.3, -0.25) is 14.9 Å². The molecule has 2 N–H and O–H groups in total. The summed E-state index contributed by atoms with van der Waals surface area (Å²) in [5, 5.41) is 19.2. The summed E-state index contributed by atoms with van der Waals surface area (Å²) in [6.45, 7) is 2.41. The quantitative estimate of drug-likeness (QED) is 0.692. The Bertz CT molecular complexity index is 788. The van der Waals surface area contributed by atoms with Gasteiger partial charge in [0, 0.05) is 6.08 Å². The van der Waals surface area contributed by atoms with Gasteiger partial charge in [0.25, 0.3) is 0 Å². The molecule has 8 nitrogen and oxygen atoms in total. The van der Waals surface area contributed by atoms with Gasteiger partial charge in [0.05, 0.1) is 20.1 Å². The average molecular weight is 363 g/mol. The van der Waals surface area contributed by atoms with Gasteiger partial charge in [-0.05, 0) is 30.7 Å². The minimum Gasteiger partial charge on any atom is -0.493 e. The standard InChI is InChI=1S/C16H17N3O5S/c1-3-24-11-6-4-10(8-12(11)23-2)5-7-13(20)17-16-19-18-14(25-16)9-15(21)22/h4-8H,3,9H2,1-2H3,(H,21,22)(H,17,19,20)/b7-5+. The lowest BCUT2D eigenvalue weighted by Crippen LogP contribution is -2.07. The molecule has 0 saturated heterocycles. The number of nitrogens with one attached hydrogen (secondary N) is 1. The Balaban J connectivity index is 2.00. The van der Waals surface area contributed by atoms with Crippen molar-refractivity contribution >= 4 is 34.4 Å². The minimum absolute atomic E-state index is 0.227. The summed E-state index contributed by atoms with van der Waals surface area (Å²) in [6.07, 6.45) is 2.73. The maximum absolute atomic E-state index is 11.9. The number of aliphatic carboxylic acids is 1. The van der Waals surface area contributed by atoms with Crippen LogP contribution in [0.3, 0.4) is 0 Å². The van der Waals surface area contributed by atoms with E-state index < -0.39 is 11.9 Å². The van der Waals surface area contributed by atoms with Crippen molar-refractivity contribution in [2.75, 3.05) is 19.0 Å². The number of carbonyl (C=O) groups is 2. The average Bonchev–Trinajstić information content (AvgIpc) is 3.00. The van der Waals surface area contributed by atoms with E-state index in [0.717, 1.165) is 16.9 Å². The summed E-state index contributed by atoms with van der Waals surface area (Å²) in [5.74, 6) is -0.192. The summed E-state index contributed by atoms with van der Waals surface area (Å²) in [5.41, 5.74) is 0.763. The van der Waals surface area contributed by atoms with Crippen molar-refractivity contribution in [1.29, 1.82) is 0 Å². The molecule has 0 radical (unpaired) electrons. The normalized spacial score (nSPS) is 10.6. The maximum Gasteiger partial charge on any atom is 0.310 e. The Labute approximate surface area is 148 Å². The Kier molecular flexibility index (Phi) is 6.47. The topological polar surface area (TPSA) is 111 Å². The van der Waals surface area contributed by atoms with Gasteiger partial charge in [-0.2, -0.15) is 0 Å². The van der Waals surface area contributed by atoms with Gasteiger partial charge < -0.3 is 14.6 Å². The lowest BCUT2D eigenvalue weighted by Gasteiger charge is -2.09. The van der Waals surface area contributed by atoms with Crippen LogP contribution in [0.4, 0.5) is 5.13 Å². The number of anilines is 1. The third-order valence-corrected chi connectivity index (χ3v) is 3.75. The van der Waals surface area contributed by atoms with E-state index in [2.05, 4.69) is 15.5 Å². The first-order valence-corrected chi connectivity index (χ1v) is 8.17. The van der Waals surface area contributed by atoms with Gasteiger partial charge in [-0.25, -0.2) is 0 Å². The molecule has 1 aromatic heterocycles. The van der Waals surface area contributed by atoms with Crippen LogP contribution in [0.2, 0.25) is 0 Å². The molecule has 0 atom stereocenters. The van der Waals surface area contributed by atoms with Crippen molar-refractivity contribution < 1.29 is 24.2 Å². The first-order chi connectivity index (χ1) is 12.0. The summed E-state index contributed by atoms with van der Waals surface area (Å²) in [4.78, 5) is 22.5. The molecule has 25 heavy (non-hydrogen) atoms. The molecule has 1 aromatic carbocycles. The van der Waals surface area contributed by atoms with E-state index in [4.69, 9.17) is 14.6 Å². The number of carboxylic acid groups (broad SMARTS) is 1.